The maximum absolute atomic E-state index is 12.4. The van der Waals surface area contributed by atoms with E-state index in [0.717, 1.165) is 70.6 Å². The number of nitrogens with one attached hydrogen (secondary N) is 1. The summed E-state index contributed by atoms with van der Waals surface area (Å²) in [5.41, 5.74) is -0.221. The highest BCUT2D eigenvalue weighted by atomic mass is 35.5. The highest BCUT2D eigenvalue weighted by Gasteiger charge is 2.49. The number of rotatable bonds is 4. The Bertz CT molecular complexity index is 640. The SMILES string of the molecule is O=C1OC(CN2CCC(Oc3ccccc3Cl)CC2)CC12CCNCC2. The monoisotopic (exact) mass is 378 g/mol. The molecule has 0 aliphatic carbocycles. The average Bonchev–Trinajstić information content (AvgIpc) is 2.94. The van der Waals surface area contributed by atoms with Gasteiger partial charge < -0.3 is 14.8 Å². The molecule has 3 aliphatic rings. The van der Waals surface area contributed by atoms with Gasteiger partial charge in [0.2, 0.25) is 0 Å². The van der Waals surface area contributed by atoms with Crippen molar-refractivity contribution < 1.29 is 14.3 Å². The highest BCUT2D eigenvalue weighted by molar-refractivity contribution is 6.32. The van der Waals surface area contributed by atoms with E-state index in [1.807, 2.05) is 24.3 Å². The predicted molar refractivity (Wildman–Crippen MR) is 101 cm³/mol. The summed E-state index contributed by atoms with van der Waals surface area (Å²) in [7, 11) is 0. The number of cyclic esters (lactones) is 1. The standard InChI is InChI=1S/C20H27ClN2O3/c21-17-3-1-2-4-18(17)25-15-5-11-23(12-6-15)14-16-13-20(19(24)26-16)7-9-22-10-8-20/h1-4,15-16,22H,5-14H2. The fraction of sp³-hybridized carbons (Fsp3) is 0.650. The minimum atomic E-state index is -0.221. The summed E-state index contributed by atoms with van der Waals surface area (Å²) < 4.78 is 11.8. The molecule has 0 saturated carbocycles. The van der Waals surface area contributed by atoms with Gasteiger partial charge in [0.05, 0.1) is 10.4 Å². The van der Waals surface area contributed by atoms with E-state index in [2.05, 4.69) is 10.2 Å². The molecule has 5 nitrogen and oxygen atoms in total. The molecule has 3 fully saturated rings. The van der Waals surface area contributed by atoms with E-state index in [-0.39, 0.29) is 23.6 Å². The Kier molecular flexibility index (Phi) is 5.39. The molecule has 4 rings (SSSR count). The van der Waals surface area contributed by atoms with Gasteiger partial charge in [-0.2, -0.15) is 0 Å². The fourth-order valence-corrected chi connectivity index (χ4v) is 4.65. The average molecular weight is 379 g/mol. The maximum atomic E-state index is 12.4. The minimum absolute atomic E-state index is 0.0286. The van der Waals surface area contributed by atoms with Crippen molar-refractivity contribution in [1.29, 1.82) is 0 Å². The topological polar surface area (TPSA) is 50.8 Å². The van der Waals surface area contributed by atoms with E-state index in [1.165, 1.54) is 0 Å². The first-order valence-electron chi connectivity index (χ1n) is 9.70. The van der Waals surface area contributed by atoms with Crippen LogP contribution in [0, 0.1) is 5.41 Å². The van der Waals surface area contributed by atoms with Crippen molar-refractivity contribution in [3.8, 4) is 5.75 Å². The lowest BCUT2D eigenvalue weighted by Crippen LogP contribution is -2.42. The minimum Gasteiger partial charge on any atom is -0.489 e. The third-order valence-electron chi connectivity index (χ3n) is 6.01. The summed E-state index contributed by atoms with van der Waals surface area (Å²) in [5.74, 6) is 0.797. The molecule has 0 radical (unpaired) electrons. The van der Waals surface area contributed by atoms with Gasteiger partial charge in [0, 0.05) is 26.1 Å². The quantitative estimate of drug-likeness (QED) is 0.816. The molecular formula is C20H27ClN2O3. The summed E-state index contributed by atoms with van der Waals surface area (Å²) in [5, 5.41) is 4.01. The van der Waals surface area contributed by atoms with Crippen LogP contribution < -0.4 is 10.1 Å². The molecule has 1 unspecified atom stereocenters. The molecule has 1 aromatic carbocycles. The first kappa shape index (κ1) is 18.1. The Labute approximate surface area is 160 Å². The number of esters is 1. The van der Waals surface area contributed by atoms with Crippen LogP contribution in [0.15, 0.2) is 24.3 Å². The summed E-state index contributed by atoms with van der Waals surface area (Å²) in [6.45, 7) is 4.63. The van der Waals surface area contributed by atoms with Gasteiger partial charge in [0.15, 0.2) is 0 Å². The van der Waals surface area contributed by atoms with Gasteiger partial charge >= 0.3 is 5.97 Å². The largest absolute Gasteiger partial charge is 0.489 e. The number of para-hydroxylation sites is 1. The van der Waals surface area contributed by atoms with Crippen molar-refractivity contribution in [2.45, 2.75) is 44.3 Å². The normalized spacial score (nSPS) is 26.8. The van der Waals surface area contributed by atoms with Crippen molar-refractivity contribution in [3.05, 3.63) is 29.3 Å². The predicted octanol–water partition coefficient (Wildman–Crippen LogP) is 2.87. The molecule has 1 N–H and O–H groups in total. The van der Waals surface area contributed by atoms with Crippen LogP contribution in [0.1, 0.15) is 32.1 Å². The summed E-state index contributed by atoms with van der Waals surface area (Å²) in [4.78, 5) is 14.8. The van der Waals surface area contributed by atoms with Gasteiger partial charge in [-0.25, -0.2) is 0 Å². The lowest BCUT2D eigenvalue weighted by atomic mass is 9.76. The molecule has 3 saturated heterocycles. The summed E-state index contributed by atoms with van der Waals surface area (Å²) >= 11 is 6.18. The van der Waals surface area contributed by atoms with Crippen molar-refractivity contribution in [2.24, 2.45) is 5.41 Å². The molecule has 1 spiro atoms. The molecule has 0 amide bonds. The van der Waals surface area contributed by atoms with Crippen LogP contribution in [0.3, 0.4) is 0 Å². The smallest absolute Gasteiger partial charge is 0.312 e. The third-order valence-corrected chi connectivity index (χ3v) is 6.32. The van der Waals surface area contributed by atoms with Crippen molar-refractivity contribution >= 4 is 17.6 Å². The van der Waals surface area contributed by atoms with Crippen LogP contribution in [-0.4, -0.2) is 55.8 Å². The molecule has 1 atom stereocenters. The summed E-state index contributed by atoms with van der Waals surface area (Å²) in [6, 6.07) is 7.64. The Morgan fingerprint density at radius 1 is 1.23 bits per heavy atom. The molecule has 0 aromatic heterocycles. The van der Waals surface area contributed by atoms with Crippen LogP contribution in [0.25, 0.3) is 0 Å². The van der Waals surface area contributed by atoms with E-state index in [4.69, 9.17) is 21.1 Å². The van der Waals surface area contributed by atoms with Gasteiger partial charge in [0.1, 0.15) is 18.0 Å². The van der Waals surface area contributed by atoms with E-state index in [1.54, 1.807) is 0 Å². The number of hydrogen-bond donors (Lipinski definition) is 1. The van der Waals surface area contributed by atoms with Crippen LogP contribution in [-0.2, 0) is 9.53 Å². The first-order chi connectivity index (χ1) is 12.6. The van der Waals surface area contributed by atoms with Gasteiger partial charge in [-0.15, -0.1) is 0 Å². The van der Waals surface area contributed by atoms with Gasteiger partial charge in [-0.3, -0.25) is 9.69 Å². The number of carbonyl (C=O) groups is 1. The first-order valence-corrected chi connectivity index (χ1v) is 10.1. The number of halogens is 1. The van der Waals surface area contributed by atoms with E-state index in [0.29, 0.717) is 5.02 Å². The van der Waals surface area contributed by atoms with Gasteiger partial charge in [0.25, 0.3) is 0 Å². The van der Waals surface area contributed by atoms with Crippen molar-refractivity contribution in [1.82, 2.24) is 10.2 Å². The second kappa shape index (κ2) is 7.75. The fourth-order valence-electron chi connectivity index (χ4n) is 4.47. The number of piperidine rings is 2. The molecule has 6 heteroatoms. The zero-order valence-electron chi connectivity index (χ0n) is 15.1. The molecule has 142 valence electrons. The third kappa shape index (κ3) is 3.85. The Morgan fingerprint density at radius 3 is 2.69 bits per heavy atom. The molecule has 26 heavy (non-hydrogen) atoms. The number of benzene rings is 1. The lowest BCUT2D eigenvalue weighted by molar-refractivity contribution is -0.150. The summed E-state index contributed by atoms with van der Waals surface area (Å²) in [6.07, 6.45) is 4.90. The Hall–Kier alpha value is -1.30. The van der Waals surface area contributed by atoms with Crippen LogP contribution in [0.2, 0.25) is 5.02 Å². The van der Waals surface area contributed by atoms with Crippen LogP contribution >= 0.6 is 11.6 Å². The molecule has 3 aliphatic heterocycles. The second-order valence-corrected chi connectivity index (χ2v) is 8.22. The Balaban J connectivity index is 1.25. The van der Waals surface area contributed by atoms with E-state index in [9.17, 15) is 4.79 Å². The van der Waals surface area contributed by atoms with E-state index >= 15 is 0 Å². The van der Waals surface area contributed by atoms with E-state index < -0.39 is 0 Å². The number of ether oxygens (including phenoxy) is 2. The number of hydrogen-bond acceptors (Lipinski definition) is 5. The number of nitrogens with zero attached hydrogens (tertiary/aromatic N) is 1. The Morgan fingerprint density at radius 2 is 1.96 bits per heavy atom. The second-order valence-electron chi connectivity index (χ2n) is 7.81. The zero-order valence-corrected chi connectivity index (χ0v) is 15.8. The maximum Gasteiger partial charge on any atom is 0.312 e. The van der Waals surface area contributed by atoms with Crippen LogP contribution in [0.5, 0.6) is 5.75 Å². The van der Waals surface area contributed by atoms with Crippen molar-refractivity contribution in [2.75, 3.05) is 32.7 Å². The zero-order chi connectivity index (χ0) is 18.0. The van der Waals surface area contributed by atoms with Gasteiger partial charge in [-0.05, 0) is 50.9 Å². The van der Waals surface area contributed by atoms with Crippen LogP contribution in [0.4, 0.5) is 0 Å². The number of carbonyl (C=O) groups excluding carboxylic acids is 1. The molecular weight excluding hydrogens is 352 g/mol. The number of likely N-dealkylation sites (tertiary alicyclic amines) is 1. The van der Waals surface area contributed by atoms with Crippen molar-refractivity contribution in [3.63, 3.8) is 0 Å². The lowest BCUT2D eigenvalue weighted by Gasteiger charge is -2.33. The van der Waals surface area contributed by atoms with Gasteiger partial charge in [-0.1, -0.05) is 23.7 Å². The molecule has 0 bridgehead atoms. The molecule has 1 aromatic rings. The highest BCUT2D eigenvalue weighted by Crippen LogP contribution is 2.41. The molecule has 3 heterocycles.